The number of carbonyl (C=O) groups excluding carboxylic acids is 1. The number of nitrogens with zero attached hydrogens (tertiary/aromatic N) is 1. The molecule has 17 heavy (non-hydrogen) atoms. The SMILES string of the molecule is CCOC1CCN(C(CN)CC(=O)NC)CC1. The van der Waals surface area contributed by atoms with E-state index in [4.69, 9.17) is 10.5 Å². The third-order valence-corrected chi connectivity index (χ3v) is 3.37. The van der Waals surface area contributed by atoms with Gasteiger partial charge in [-0.3, -0.25) is 9.69 Å². The second kappa shape index (κ2) is 7.63. The van der Waals surface area contributed by atoms with E-state index in [1.807, 2.05) is 6.92 Å². The molecule has 1 fully saturated rings. The third kappa shape index (κ3) is 4.61. The van der Waals surface area contributed by atoms with E-state index in [0.29, 0.717) is 19.1 Å². The first-order valence-electron chi connectivity index (χ1n) is 6.47. The fourth-order valence-corrected chi connectivity index (χ4v) is 2.32. The molecule has 1 aliphatic heterocycles. The molecule has 0 spiro atoms. The molecule has 3 N–H and O–H groups in total. The van der Waals surface area contributed by atoms with E-state index >= 15 is 0 Å². The van der Waals surface area contributed by atoms with Crippen LogP contribution in [0.3, 0.4) is 0 Å². The summed E-state index contributed by atoms with van der Waals surface area (Å²) in [6.07, 6.45) is 2.96. The molecule has 1 rings (SSSR count). The fourth-order valence-electron chi connectivity index (χ4n) is 2.32. The molecule has 100 valence electrons. The highest BCUT2D eigenvalue weighted by atomic mass is 16.5. The zero-order chi connectivity index (χ0) is 12.7. The quantitative estimate of drug-likeness (QED) is 0.686. The fraction of sp³-hybridized carbons (Fsp3) is 0.917. The predicted molar refractivity (Wildman–Crippen MR) is 67.7 cm³/mol. The Bertz CT molecular complexity index is 228. The highest BCUT2D eigenvalue weighted by Crippen LogP contribution is 2.17. The van der Waals surface area contributed by atoms with Crippen molar-refractivity contribution >= 4 is 5.91 Å². The Balaban J connectivity index is 2.36. The summed E-state index contributed by atoms with van der Waals surface area (Å²) in [5.41, 5.74) is 5.75. The van der Waals surface area contributed by atoms with Gasteiger partial charge in [-0.15, -0.1) is 0 Å². The summed E-state index contributed by atoms with van der Waals surface area (Å²) < 4.78 is 5.61. The highest BCUT2D eigenvalue weighted by Gasteiger charge is 2.25. The van der Waals surface area contributed by atoms with E-state index in [1.165, 1.54) is 0 Å². The summed E-state index contributed by atoms with van der Waals surface area (Å²) in [5, 5.41) is 2.65. The van der Waals surface area contributed by atoms with Crippen LogP contribution < -0.4 is 11.1 Å². The zero-order valence-corrected chi connectivity index (χ0v) is 10.9. The van der Waals surface area contributed by atoms with E-state index in [0.717, 1.165) is 32.5 Å². The van der Waals surface area contributed by atoms with Crippen molar-refractivity contribution in [2.24, 2.45) is 5.73 Å². The van der Waals surface area contributed by atoms with Crippen molar-refractivity contribution in [3.05, 3.63) is 0 Å². The van der Waals surface area contributed by atoms with Crippen LogP contribution in [0.4, 0.5) is 0 Å². The smallest absolute Gasteiger partial charge is 0.221 e. The molecule has 5 heteroatoms. The Labute approximate surface area is 104 Å². The molecule has 1 unspecified atom stereocenters. The van der Waals surface area contributed by atoms with Crippen LogP contribution in [0.15, 0.2) is 0 Å². The lowest BCUT2D eigenvalue weighted by atomic mass is 10.0. The van der Waals surface area contributed by atoms with Gasteiger partial charge in [0.05, 0.1) is 6.10 Å². The molecule has 0 saturated carbocycles. The van der Waals surface area contributed by atoms with E-state index in [-0.39, 0.29) is 11.9 Å². The first-order valence-corrected chi connectivity index (χ1v) is 6.47. The molecule has 1 atom stereocenters. The Morgan fingerprint density at radius 3 is 2.65 bits per heavy atom. The van der Waals surface area contributed by atoms with Crippen molar-refractivity contribution in [2.45, 2.75) is 38.3 Å². The van der Waals surface area contributed by atoms with Crippen LogP contribution in [0.5, 0.6) is 0 Å². The van der Waals surface area contributed by atoms with Gasteiger partial charge in [0, 0.05) is 45.8 Å². The number of carbonyl (C=O) groups is 1. The number of nitrogens with two attached hydrogens (primary N) is 1. The number of hydrogen-bond donors (Lipinski definition) is 2. The van der Waals surface area contributed by atoms with Crippen LogP contribution in [0, 0.1) is 0 Å². The van der Waals surface area contributed by atoms with Gasteiger partial charge in [0.15, 0.2) is 0 Å². The lowest BCUT2D eigenvalue weighted by Gasteiger charge is -2.36. The highest BCUT2D eigenvalue weighted by molar-refractivity contribution is 5.76. The van der Waals surface area contributed by atoms with Crippen molar-refractivity contribution in [2.75, 3.05) is 33.3 Å². The van der Waals surface area contributed by atoms with E-state index < -0.39 is 0 Å². The lowest BCUT2D eigenvalue weighted by molar-refractivity contribution is -0.122. The zero-order valence-electron chi connectivity index (χ0n) is 10.9. The number of ether oxygens (including phenoxy) is 1. The van der Waals surface area contributed by atoms with E-state index in [9.17, 15) is 4.79 Å². The van der Waals surface area contributed by atoms with Gasteiger partial charge in [0.1, 0.15) is 0 Å². The lowest BCUT2D eigenvalue weighted by Crippen LogP contribution is -2.48. The number of nitrogens with one attached hydrogen (secondary N) is 1. The standard InChI is InChI=1S/C12H25N3O2/c1-3-17-11-4-6-15(7-5-11)10(9-13)8-12(16)14-2/h10-11H,3-9,13H2,1-2H3,(H,14,16). The molecule has 0 aromatic carbocycles. The van der Waals surface area contributed by atoms with Gasteiger partial charge in [-0.25, -0.2) is 0 Å². The minimum Gasteiger partial charge on any atom is -0.378 e. The van der Waals surface area contributed by atoms with Crippen LogP contribution >= 0.6 is 0 Å². The van der Waals surface area contributed by atoms with Crippen LogP contribution in [0.25, 0.3) is 0 Å². The van der Waals surface area contributed by atoms with Gasteiger partial charge in [-0.1, -0.05) is 0 Å². The summed E-state index contributed by atoms with van der Waals surface area (Å²) in [6.45, 7) is 5.30. The molecule has 0 bridgehead atoms. The average molecular weight is 243 g/mol. The van der Waals surface area contributed by atoms with E-state index in [1.54, 1.807) is 7.05 Å². The summed E-state index contributed by atoms with van der Waals surface area (Å²) in [4.78, 5) is 13.7. The maximum absolute atomic E-state index is 11.4. The van der Waals surface area contributed by atoms with Gasteiger partial charge in [0.2, 0.25) is 5.91 Å². The van der Waals surface area contributed by atoms with Crippen LogP contribution in [0.1, 0.15) is 26.2 Å². The molecule has 0 radical (unpaired) electrons. The molecular weight excluding hydrogens is 218 g/mol. The largest absolute Gasteiger partial charge is 0.378 e. The van der Waals surface area contributed by atoms with Crippen LogP contribution in [0.2, 0.25) is 0 Å². The molecule has 0 aromatic rings. The number of likely N-dealkylation sites (tertiary alicyclic amines) is 1. The molecule has 0 aliphatic carbocycles. The Hall–Kier alpha value is -0.650. The maximum Gasteiger partial charge on any atom is 0.221 e. The number of piperidine rings is 1. The average Bonchev–Trinajstić information content (AvgIpc) is 2.37. The summed E-state index contributed by atoms with van der Waals surface area (Å²) >= 11 is 0. The number of amides is 1. The number of hydrogen-bond acceptors (Lipinski definition) is 4. The first-order chi connectivity index (χ1) is 8.21. The maximum atomic E-state index is 11.4. The van der Waals surface area contributed by atoms with Gasteiger partial charge >= 0.3 is 0 Å². The van der Waals surface area contributed by atoms with Crippen molar-refractivity contribution in [3.63, 3.8) is 0 Å². The molecule has 1 heterocycles. The minimum atomic E-state index is 0.0624. The van der Waals surface area contributed by atoms with E-state index in [2.05, 4.69) is 10.2 Å². The molecular formula is C12H25N3O2. The van der Waals surface area contributed by atoms with Gasteiger partial charge in [0.25, 0.3) is 0 Å². The molecule has 0 aromatic heterocycles. The first kappa shape index (κ1) is 14.4. The summed E-state index contributed by atoms with van der Waals surface area (Å²) in [6, 6.07) is 0.164. The Morgan fingerprint density at radius 1 is 1.53 bits per heavy atom. The minimum absolute atomic E-state index is 0.0624. The Kier molecular flexibility index (Phi) is 6.47. The summed E-state index contributed by atoms with van der Waals surface area (Å²) in [5.74, 6) is 0.0624. The van der Waals surface area contributed by atoms with Crippen molar-refractivity contribution in [1.29, 1.82) is 0 Å². The van der Waals surface area contributed by atoms with Crippen LogP contribution in [-0.4, -0.2) is 56.2 Å². The second-order valence-electron chi connectivity index (χ2n) is 4.46. The molecule has 1 saturated heterocycles. The predicted octanol–water partition coefficient (Wildman–Crippen LogP) is -0.0493. The van der Waals surface area contributed by atoms with Crippen molar-refractivity contribution in [3.8, 4) is 0 Å². The Morgan fingerprint density at radius 2 is 2.18 bits per heavy atom. The third-order valence-electron chi connectivity index (χ3n) is 3.37. The number of rotatable bonds is 6. The normalized spacial score (nSPS) is 20.2. The molecule has 1 aliphatic rings. The van der Waals surface area contributed by atoms with Crippen molar-refractivity contribution < 1.29 is 9.53 Å². The van der Waals surface area contributed by atoms with Crippen molar-refractivity contribution in [1.82, 2.24) is 10.2 Å². The van der Waals surface area contributed by atoms with Gasteiger partial charge in [-0.05, 0) is 19.8 Å². The summed E-state index contributed by atoms with van der Waals surface area (Å²) in [7, 11) is 1.66. The molecule has 5 nitrogen and oxygen atoms in total. The monoisotopic (exact) mass is 243 g/mol. The van der Waals surface area contributed by atoms with Gasteiger partial charge < -0.3 is 15.8 Å². The van der Waals surface area contributed by atoms with Gasteiger partial charge in [-0.2, -0.15) is 0 Å². The second-order valence-corrected chi connectivity index (χ2v) is 4.46. The van der Waals surface area contributed by atoms with Crippen LogP contribution in [-0.2, 0) is 9.53 Å². The molecule has 1 amide bonds. The topological polar surface area (TPSA) is 67.6 Å².